The Morgan fingerprint density at radius 1 is 0.765 bits per heavy atom. The van der Waals surface area contributed by atoms with E-state index >= 15 is 0 Å². The largest absolute Gasteiger partial charge is 0.508 e. The average Bonchev–Trinajstić information content (AvgIpc) is 2.79. The van der Waals surface area contributed by atoms with E-state index in [1.807, 2.05) is 56.3 Å². The summed E-state index contributed by atoms with van der Waals surface area (Å²) in [6.07, 6.45) is 2.47. The van der Waals surface area contributed by atoms with Crippen LogP contribution < -0.4 is 0 Å². The van der Waals surface area contributed by atoms with Gasteiger partial charge in [-0.2, -0.15) is 0 Å². The summed E-state index contributed by atoms with van der Waals surface area (Å²) in [6, 6.07) is 21.8. The Balaban J connectivity index is 1.81. The summed E-state index contributed by atoms with van der Waals surface area (Å²) in [5, 5.41) is 33.9. The highest BCUT2D eigenvalue weighted by molar-refractivity contribution is 5.51. The van der Waals surface area contributed by atoms with Crippen LogP contribution in [0.2, 0.25) is 0 Å². The number of aromatic hydroxyl groups is 1. The number of hydrogen-bond acceptors (Lipinski definition) is 3. The molecule has 0 saturated carbocycles. The Bertz CT molecular complexity index is 1260. The third-order valence-electron chi connectivity index (χ3n) is 7.20. The molecule has 0 bridgehead atoms. The van der Waals surface area contributed by atoms with E-state index in [4.69, 9.17) is 0 Å². The smallest absolute Gasteiger partial charge is 0.119 e. The minimum atomic E-state index is -1.25. The fourth-order valence-corrected chi connectivity index (χ4v) is 4.94. The van der Waals surface area contributed by atoms with Crippen molar-refractivity contribution >= 4 is 0 Å². The minimum absolute atomic E-state index is 0.202. The Kier molecular flexibility index (Phi) is 6.79. The first-order chi connectivity index (χ1) is 16.2. The molecule has 3 N–H and O–H groups in total. The van der Waals surface area contributed by atoms with Crippen LogP contribution in [0.4, 0.5) is 0 Å². The molecule has 0 spiro atoms. The van der Waals surface area contributed by atoms with E-state index in [0.29, 0.717) is 19.3 Å². The van der Waals surface area contributed by atoms with Gasteiger partial charge in [-0.05, 0) is 97.2 Å². The van der Waals surface area contributed by atoms with Crippen molar-refractivity contribution in [2.75, 3.05) is 0 Å². The summed E-state index contributed by atoms with van der Waals surface area (Å²) in [6.45, 7) is 7.94. The SMILES string of the molecule is Cc1ccc(O)c(CC2=C(Cc3ccccc3C)C(O)C=C(Cc3ccccc3C)C2(C)O)c1. The predicted molar refractivity (Wildman–Crippen MR) is 138 cm³/mol. The number of phenols is 1. The molecule has 0 fully saturated rings. The second-order valence-electron chi connectivity index (χ2n) is 9.73. The van der Waals surface area contributed by atoms with Gasteiger partial charge >= 0.3 is 0 Å². The number of aliphatic hydroxyl groups is 2. The third kappa shape index (κ3) is 4.86. The standard InChI is InChI=1S/C31H34O3/c1-20-13-14-29(32)25(15-20)18-28-27(17-24-12-8-6-10-22(24)3)30(33)19-26(31(28,4)34)16-23-11-7-5-9-21(23)2/h5-15,19,30,32-34H,16-18H2,1-4H3. The summed E-state index contributed by atoms with van der Waals surface area (Å²) >= 11 is 0. The van der Waals surface area contributed by atoms with Gasteiger partial charge in [0.15, 0.2) is 0 Å². The zero-order valence-electron chi connectivity index (χ0n) is 20.5. The van der Waals surface area contributed by atoms with Crippen LogP contribution in [0.15, 0.2) is 89.5 Å². The van der Waals surface area contributed by atoms with E-state index < -0.39 is 11.7 Å². The van der Waals surface area contributed by atoms with Gasteiger partial charge in [0, 0.05) is 6.42 Å². The summed E-state index contributed by atoms with van der Waals surface area (Å²) in [7, 11) is 0. The van der Waals surface area contributed by atoms with Gasteiger partial charge in [0.1, 0.15) is 11.4 Å². The molecule has 3 aromatic rings. The number of aliphatic hydroxyl groups excluding tert-OH is 1. The van der Waals surface area contributed by atoms with Crippen molar-refractivity contribution in [3.05, 3.63) is 123 Å². The van der Waals surface area contributed by atoms with Crippen LogP contribution in [-0.4, -0.2) is 27.0 Å². The molecule has 3 aromatic carbocycles. The second kappa shape index (κ2) is 9.61. The summed E-state index contributed by atoms with van der Waals surface area (Å²) in [5.41, 5.74) is 7.43. The fraction of sp³-hybridized carbons (Fsp3) is 0.290. The van der Waals surface area contributed by atoms with Crippen LogP contribution in [0.1, 0.15) is 40.3 Å². The second-order valence-corrected chi connectivity index (χ2v) is 9.73. The van der Waals surface area contributed by atoms with Crippen LogP contribution in [0, 0.1) is 20.8 Å². The maximum absolute atomic E-state index is 12.0. The summed E-state index contributed by atoms with van der Waals surface area (Å²) < 4.78 is 0. The van der Waals surface area contributed by atoms with Crippen molar-refractivity contribution in [1.29, 1.82) is 0 Å². The number of hydrogen-bond donors (Lipinski definition) is 3. The highest BCUT2D eigenvalue weighted by atomic mass is 16.3. The maximum atomic E-state index is 12.0. The molecular formula is C31H34O3. The van der Waals surface area contributed by atoms with Crippen LogP contribution in [0.25, 0.3) is 0 Å². The molecule has 0 radical (unpaired) electrons. The number of benzene rings is 3. The van der Waals surface area contributed by atoms with Gasteiger partial charge in [0.2, 0.25) is 0 Å². The van der Waals surface area contributed by atoms with Crippen molar-refractivity contribution in [3.8, 4) is 5.75 Å². The van der Waals surface area contributed by atoms with Gasteiger partial charge in [0.05, 0.1) is 6.10 Å². The lowest BCUT2D eigenvalue weighted by Gasteiger charge is -2.38. The molecule has 0 aromatic heterocycles. The van der Waals surface area contributed by atoms with Crippen LogP contribution in [0.3, 0.4) is 0 Å². The first-order valence-corrected chi connectivity index (χ1v) is 11.9. The van der Waals surface area contributed by atoms with Crippen LogP contribution in [-0.2, 0) is 19.3 Å². The molecule has 176 valence electrons. The summed E-state index contributed by atoms with van der Waals surface area (Å²) in [5.74, 6) is 0.202. The number of rotatable bonds is 6. The molecule has 2 unspecified atom stereocenters. The molecule has 34 heavy (non-hydrogen) atoms. The van der Waals surface area contributed by atoms with Crippen molar-refractivity contribution in [2.45, 2.75) is 58.7 Å². The molecule has 3 heteroatoms. The topological polar surface area (TPSA) is 60.7 Å². The van der Waals surface area contributed by atoms with Crippen molar-refractivity contribution in [2.24, 2.45) is 0 Å². The molecule has 0 aliphatic heterocycles. The van der Waals surface area contributed by atoms with Gasteiger partial charge in [-0.15, -0.1) is 0 Å². The van der Waals surface area contributed by atoms with Gasteiger partial charge < -0.3 is 15.3 Å². The average molecular weight is 455 g/mol. The fourth-order valence-electron chi connectivity index (χ4n) is 4.94. The zero-order chi connectivity index (χ0) is 24.5. The van der Waals surface area contributed by atoms with Crippen molar-refractivity contribution in [3.63, 3.8) is 0 Å². The monoisotopic (exact) mass is 454 g/mol. The van der Waals surface area contributed by atoms with Crippen LogP contribution in [0.5, 0.6) is 5.75 Å². The molecule has 0 saturated heterocycles. The third-order valence-corrected chi connectivity index (χ3v) is 7.20. The van der Waals surface area contributed by atoms with E-state index in [2.05, 4.69) is 38.1 Å². The number of phenolic OH excluding ortho intramolecular Hbond substituents is 1. The molecule has 0 heterocycles. The van der Waals surface area contributed by atoms with Crippen molar-refractivity contribution in [1.82, 2.24) is 0 Å². The van der Waals surface area contributed by atoms with Gasteiger partial charge in [0.25, 0.3) is 0 Å². The van der Waals surface area contributed by atoms with E-state index in [9.17, 15) is 15.3 Å². The van der Waals surface area contributed by atoms with E-state index in [-0.39, 0.29) is 5.75 Å². The lowest BCUT2D eigenvalue weighted by atomic mass is 9.72. The molecule has 1 aliphatic rings. The maximum Gasteiger partial charge on any atom is 0.119 e. The number of aryl methyl sites for hydroxylation is 3. The Morgan fingerprint density at radius 2 is 1.35 bits per heavy atom. The molecule has 1 aliphatic carbocycles. The van der Waals surface area contributed by atoms with Gasteiger partial charge in [-0.25, -0.2) is 0 Å². The first-order valence-electron chi connectivity index (χ1n) is 11.9. The molecule has 4 rings (SSSR count). The van der Waals surface area contributed by atoms with Crippen LogP contribution >= 0.6 is 0 Å². The Labute approximate surface area is 202 Å². The molecule has 3 nitrogen and oxygen atoms in total. The van der Waals surface area contributed by atoms with Gasteiger partial charge in [-0.1, -0.05) is 66.2 Å². The molecule has 2 atom stereocenters. The summed E-state index contributed by atoms with van der Waals surface area (Å²) in [4.78, 5) is 0. The van der Waals surface area contributed by atoms with E-state index in [1.165, 1.54) is 0 Å². The van der Waals surface area contributed by atoms with E-state index in [1.54, 1.807) is 6.07 Å². The first kappa shape index (κ1) is 24.0. The normalized spacial score (nSPS) is 20.4. The Morgan fingerprint density at radius 3 is 1.97 bits per heavy atom. The highest BCUT2D eigenvalue weighted by Gasteiger charge is 2.38. The lowest BCUT2D eigenvalue weighted by molar-refractivity contribution is 0.118. The zero-order valence-corrected chi connectivity index (χ0v) is 20.5. The Hall–Kier alpha value is -3.14. The molecule has 0 amide bonds. The van der Waals surface area contributed by atoms with Gasteiger partial charge in [-0.3, -0.25) is 0 Å². The molecular weight excluding hydrogens is 420 g/mol. The predicted octanol–water partition coefficient (Wildman–Crippen LogP) is 5.69. The lowest BCUT2D eigenvalue weighted by Crippen LogP contribution is -2.39. The van der Waals surface area contributed by atoms with E-state index in [0.717, 1.165) is 50.1 Å². The minimum Gasteiger partial charge on any atom is -0.508 e. The quantitative estimate of drug-likeness (QED) is 0.419. The van der Waals surface area contributed by atoms with Crippen molar-refractivity contribution < 1.29 is 15.3 Å². The highest BCUT2D eigenvalue weighted by Crippen LogP contribution is 2.40.